The molecule has 1 aliphatic rings. The van der Waals surface area contributed by atoms with Crippen LogP contribution >= 0.6 is 0 Å². The molecule has 2 aromatic heterocycles. The van der Waals surface area contributed by atoms with Gasteiger partial charge in [0.2, 0.25) is 0 Å². The molecule has 0 N–H and O–H groups in total. The van der Waals surface area contributed by atoms with Gasteiger partial charge in [-0.3, -0.25) is 4.98 Å². The highest BCUT2D eigenvalue weighted by molar-refractivity contribution is 5.84. The van der Waals surface area contributed by atoms with Crippen LogP contribution in [0.15, 0.2) is 67.4 Å². The molecule has 4 rings (SSSR count). The monoisotopic (exact) mass is 289 g/mol. The number of nitrogens with zero attached hydrogens (tertiary/aromatic N) is 5. The summed E-state index contributed by atoms with van der Waals surface area (Å²) in [5.41, 5.74) is 3.20. The van der Waals surface area contributed by atoms with Crippen LogP contribution in [0.5, 0.6) is 0 Å². The lowest BCUT2D eigenvalue weighted by Gasteiger charge is -2.29. The first kappa shape index (κ1) is 12.8. The highest BCUT2D eigenvalue weighted by atomic mass is 15.4. The van der Waals surface area contributed by atoms with Gasteiger partial charge in [0, 0.05) is 23.8 Å². The van der Waals surface area contributed by atoms with Crippen LogP contribution in [0.1, 0.15) is 6.92 Å². The molecule has 1 aromatic carbocycles. The molecule has 1 aliphatic heterocycles. The Hall–Kier alpha value is -2.95. The van der Waals surface area contributed by atoms with Crippen LogP contribution in [-0.2, 0) is 0 Å². The maximum Gasteiger partial charge on any atom is 0.162 e. The Morgan fingerprint density at radius 3 is 2.36 bits per heavy atom. The second-order valence-electron chi connectivity index (χ2n) is 5.14. The lowest BCUT2D eigenvalue weighted by molar-refractivity contribution is 0.757. The smallest absolute Gasteiger partial charge is 0.162 e. The Morgan fingerprint density at radius 2 is 1.59 bits per heavy atom. The van der Waals surface area contributed by atoms with Crippen LogP contribution in [-0.4, -0.2) is 21.1 Å². The van der Waals surface area contributed by atoms with Gasteiger partial charge in [0.05, 0.1) is 6.20 Å². The number of rotatable bonds is 2. The molecule has 0 radical (unpaired) electrons. The van der Waals surface area contributed by atoms with Crippen LogP contribution in [0, 0.1) is 0 Å². The summed E-state index contributed by atoms with van der Waals surface area (Å²) in [6, 6.07) is 14.3. The number of pyridine rings is 1. The third kappa shape index (κ3) is 1.90. The van der Waals surface area contributed by atoms with E-state index in [1.165, 1.54) is 0 Å². The van der Waals surface area contributed by atoms with Crippen molar-refractivity contribution in [3.05, 3.63) is 67.4 Å². The van der Waals surface area contributed by atoms with Crippen molar-refractivity contribution in [2.24, 2.45) is 0 Å². The van der Waals surface area contributed by atoms with E-state index in [9.17, 15) is 0 Å². The van der Waals surface area contributed by atoms with E-state index in [1.807, 2.05) is 36.5 Å². The van der Waals surface area contributed by atoms with Crippen molar-refractivity contribution in [1.29, 1.82) is 0 Å². The number of para-hydroxylation sites is 1. The van der Waals surface area contributed by atoms with E-state index in [0.717, 1.165) is 22.9 Å². The molecule has 0 aliphatic carbocycles. The zero-order valence-corrected chi connectivity index (χ0v) is 12.2. The largest absolute Gasteiger partial charge is 0.316 e. The van der Waals surface area contributed by atoms with Crippen molar-refractivity contribution in [2.45, 2.75) is 13.1 Å². The van der Waals surface area contributed by atoms with Crippen LogP contribution < -0.4 is 9.80 Å². The molecular formula is C17H15N5. The predicted octanol–water partition coefficient (Wildman–Crippen LogP) is 3.51. The Balaban J connectivity index is 1.87. The first-order valence-electron chi connectivity index (χ1n) is 7.20. The molecule has 0 saturated carbocycles. The second-order valence-corrected chi connectivity index (χ2v) is 5.14. The van der Waals surface area contributed by atoms with Gasteiger partial charge in [0.25, 0.3) is 0 Å². The molecule has 0 spiro atoms. The van der Waals surface area contributed by atoms with Crippen molar-refractivity contribution in [3.63, 3.8) is 0 Å². The summed E-state index contributed by atoms with van der Waals surface area (Å²) in [7, 11) is 0. The summed E-state index contributed by atoms with van der Waals surface area (Å²) in [4.78, 5) is 17.2. The fraction of sp³-hybridized carbons (Fsp3) is 0.118. The third-order valence-electron chi connectivity index (χ3n) is 3.88. The van der Waals surface area contributed by atoms with Gasteiger partial charge < -0.3 is 9.80 Å². The molecule has 22 heavy (non-hydrogen) atoms. The first-order chi connectivity index (χ1) is 10.9. The summed E-state index contributed by atoms with van der Waals surface area (Å²) in [6.07, 6.45) is 7.17. The van der Waals surface area contributed by atoms with Crippen LogP contribution in [0.2, 0.25) is 0 Å². The van der Waals surface area contributed by atoms with Crippen LogP contribution in [0.4, 0.5) is 22.9 Å². The van der Waals surface area contributed by atoms with E-state index in [-0.39, 0.29) is 6.17 Å². The molecular weight excluding hydrogens is 274 g/mol. The maximum absolute atomic E-state index is 4.50. The number of hydrogen-bond acceptors (Lipinski definition) is 5. The molecule has 0 fully saturated rings. The molecule has 5 nitrogen and oxygen atoms in total. The Kier molecular flexibility index (Phi) is 2.96. The number of benzene rings is 1. The molecule has 1 atom stereocenters. The highest BCUT2D eigenvalue weighted by Gasteiger charge is 2.36. The predicted molar refractivity (Wildman–Crippen MR) is 86.5 cm³/mol. The van der Waals surface area contributed by atoms with Gasteiger partial charge in [-0.05, 0) is 31.2 Å². The van der Waals surface area contributed by atoms with Gasteiger partial charge in [-0.2, -0.15) is 0 Å². The van der Waals surface area contributed by atoms with Gasteiger partial charge in [-0.15, -0.1) is 0 Å². The molecule has 3 aromatic rings. The van der Waals surface area contributed by atoms with Crippen molar-refractivity contribution in [3.8, 4) is 0 Å². The lowest BCUT2D eigenvalue weighted by Crippen LogP contribution is -2.35. The fourth-order valence-electron chi connectivity index (χ4n) is 2.95. The van der Waals surface area contributed by atoms with Crippen molar-refractivity contribution in [1.82, 2.24) is 15.0 Å². The number of hydrogen-bond donors (Lipinski definition) is 0. The minimum Gasteiger partial charge on any atom is -0.316 e. The fourth-order valence-corrected chi connectivity index (χ4v) is 2.95. The average molecular weight is 289 g/mol. The van der Waals surface area contributed by atoms with E-state index >= 15 is 0 Å². The minimum absolute atomic E-state index is 0.108. The first-order valence-corrected chi connectivity index (χ1v) is 7.20. The average Bonchev–Trinajstić information content (AvgIpc) is 2.88. The molecule has 0 saturated heterocycles. The molecule has 3 heterocycles. The van der Waals surface area contributed by atoms with E-state index in [0.29, 0.717) is 0 Å². The Bertz CT molecular complexity index is 709. The summed E-state index contributed by atoms with van der Waals surface area (Å²) in [5.74, 6) is 0.922. The third-order valence-corrected chi connectivity index (χ3v) is 3.88. The minimum atomic E-state index is 0.108. The zero-order chi connectivity index (χ0) is 14.9. The molecule has 1 unspecified atom stereocenters. The molecule has 0 amide bonds. The van der Waals surface area contributed by atoms with Crippen molar-refractivity contribution in [2.75, 3.05) is 9.80 Å². The quantitative estimate of drug-likeness (QED) is 0.722. The van der Waals surface area contributed by atoms with E-state index < -0.39 is 0 Å². The van der Waals surface area contributed by atoms with Gasteiger partial charge in [-0.1, -0.05) is 18.2 Å². The lowest BCUT2D eigenvalue weighted by atomic mass is 10.3. The number of anilines is 4. The SMILES string of the molecule is CC1N(c2ccncc2)c2cncnc2N1c1ccccc1. The van der Waals surface area contributed by atoms with Gasteiger partial charge >= 0.3 is 0 Å². The van der Waals surface area contributed by atoms with E-state index in [2.05, 4.69) is 43.8 Å². The van der Waals surface area contributed by atoms with Crippen molar-refractivity contribution < 1.29 is 0 Å². The topological polar surface area (TPSA) is 45.2 Å². The van der Waals surface area contributed by atoms with E-state index in [4.69, 9.17) is 0 Å². The normalized spacial score (nSPS) is 16.7. The number of fused-ring (bicyclic) bond motifs is 1. The Labute approximate surface area is 128 Å². The van der Waals surface area contributed by atoms with Gasteiger partial charge in [0.15, 0.2) is 5.82 Å². The molecule has 5 heteroatoms. The maximum atomic E-state index is 4.50. The standard InChI is InChI=1S/C17H15N5/c1-13-21(15-7-9-18-10-8-15)16-11-19-12-20-17(16)22(13)14-5-3-2-4-6-14/h2-13H,1H3. The summed E-state index contributed by atoms with van der Waals surface area (Å²) >= 11 is 0. The summed E-state index contributed by atoms with van der Waals surface area (Å²) in [6.45, 7) is 2.16. The van der Waals surface area contributed by atoms with Gasteiger partial charge in [0.1, 0.15) is 18.2 Å². The molecule has 0 bridgehead atoms. The van der Waals surface area contributed by atoms with Crippen LogP contribution in [0.25, 0.3) is 0 Å². The summed E-state index contributed by atoms with van der Waals surface area (Å²) < 4.78 is 0. The van der Waals surface area contributed by atoms with E-state index in [1.54, 1.807) is 18.7 Å². The van der Waals surface area contributed by atoms with Gasteiger partial charge in [-0.25, -0.2) is 9.97 Å². The molecule has 108 valence electrons. The zero-order valence-electron chi connectivity index (χ0n) is 12.2. The summed E-state index contributed by atoms with van der Waals surface area (Å²) in [5, 5.41) is 0. The number of aromatic nitrogens is 3. The second kappa shape index (κ2) is 5.11. The van der Waals surface area contributed by atoms with Crippen molar-refractivity contribution >= 4 is 22.9 Å². The Morgan fingerprint density at radius 1 is 0.864 bits per heavy atom. The highest BCUT2D eigenvalue weighted by Crippen LogP contribution is 2.45. The van der Waals surface area contributed by atoms with Crippen LogP contribution in [0.3, 0.4) is 0 Å².